The Balaban J connectivity index is 1.38. The second-order valence-corrected chi connectivity index (χ2v) is 11.6. The lowest BCUT2D eigenvalue weighted by Gasteiger charge is -2.44. The molecule has 0 N–H and O–H groups in total. The quantitative estimate of drug-likeness (QED) is 0.555. The maximum Gasteiger partial charge on any atom is 0.302 e. The second-order valence-electron chi connectivity index (χ2n) is 11.6. The smallest absolute Gasteiger partial charge is 0.302 e. The third-order valence-electron chi connectivity index (χ3n) is 8.75. The van der Waals surface area contributed by atoms with Gasteiger partial charge >= 0.3 is 5.97 Å². The molecule has 2 unspecified atom stereocenters. The number of ketones is 1. The minimum atomic E-state index is -0.280. The normalized spacial score (nSPS) is 32.5. The van der Waals surface area contributed by atoms with Gasteiger partial charge in [-0.25, -0.2) is 0 Å². The molecule has 2 aromatic rings. The second kappa shape index (κ2) is 8.95. The average Bonchev–Trinajstić information content (AvgIpc) is 3.14. The fraction of sp³-hybridized carbons (Fsp3) is 0.452. The molecule has 1 aromatic carbocycles. The highest BCUT2D eigenvalue weighted by Crippen LogP contribution is 2.60. The van der Waals surface area contributed by atoms with Gasteiger partial charge in [-0.2, -0.15) is 0 Å². The SMILES string of the molecule is CC(=O)OC1C[C@H]2[C@@H]3OC4=C(C=C3C=C[C@]2(C)[C@H]1c1ccc2ccncc2c1)C(=O)CC(CN(C)C)C4. The first kappa shape index (κ1) is 24.1. The van der Waals surface area contributed by atoms with Gasteiger partial charge in [-0.05, 0) is 61.2 Å². The van der Waals surface area contributed by atoms with E-state index in [-0.39, 0.29) is 47.1 Å². The molecule has 1 aromatic heterocycles. The number of benzene rings is 1. The summed E-state index contributed by atoms with van der Waals surface area (Å²) in [6, 6.07) is 8.47. The molecule has 6 atom stereocenters. The van der Waals surface area contributed by atoms with Crippen LogP contribution in [0.15, 0.2) is 71.8 Å². The van der Waals surface area contributed by atoms with E-state index in [1.807, 2.05) is 26.4 Å². The summed E-state index contributed by atoms with van der Waals surface area (Å²) in [5.74, 6) is 1.10. The van der Waals surface area contributed by atoms with Gasteiger partial charge in [-0.3, -0.25) is 14.6 Å². The van der Waals surface area contributed by atoms with E-state index in [1.165, 1.54) is 6.92 Å². The standard InChI is InChI=1S/C31H34N2O4/c1-18(34)36-28-15-25-30-22(14-24-26(35)11-19(17-33(3)4)12-27(24)37-30)7-9-31(25,2)29(28)21-6-5-20-8-10-32-16-23(20)13-21/h5-10,13-14,16,19,25,28-30H,11-12,15,17H2,1-4H3/t19?,25-,28?,29-,30+,31-/m0/s1. The highest BCUT2D eigenvalue weighted by atomic mass is 16.5. The Morgan fingerprint density at radius 1 is 1.22 bits per heavy atom. The van der Waals surface area contributed by atoms with Crippen LogP contribution < -0.4 is 0 Å². The van der Waals surface area contributed by atoms with E-state index in [2.05, 4.69) is 53.2 Å². The zero-order valence-corrected chi connectivity index (χ0v) is 21.9. The van der Waals surface area contributed by atoms with Crippen molar-refractivity contribution in [3.05, 3.63) is 77.4 Å². The molecular formula is C31H34N2O4. The van der Waals surface area contributed by atoms with Crippen LogP contribution in [0.1, 0.15) is 44.6 Å². The first-order chi connectivity index (χ1) is 17.7. The molecule has 3 aliphatic carbocycles. The lowest BCUT2D eigenvalue weighted by atomic mass is 9.64. The van der Waals surface area contributed by atoms with Gasteiger partial charge in [0.05, 0.1) is 5.57 Å². The van der Waals surface area contributed by atoms with E-state index in [0.29, 0.717) is 12.8 Å². The van der Waals surface area contributed by atoms with E-state index in [9.17, 15) is 9.59 Å². The van der Waals surface area contributed by atoms with E-state index < -0.39 is 0 Å². The molecule has 1 aliphatic heterocycles. The highest BCUT2D eigenvalue weighted by molar-refractivity contribution is 6.00. The Hall–Kier alpha value is -3.25. The maximum atomic E-state index is 13.0. The number of pyridine rings is 1. The Kier molecular flexibility index (Phi) is 5.83. The number of carbonyl (C=O) groups excluding carboxylic acids is 2. The van der Waals surface area contributed by atoms with Crippen molar-refractivity contribution in [2.45, 2.75) is 51.2 Å². The Bertz CT molecular complexity index is 1370. The van der Waals surface area contributed by atoms with Crippen LogP contribution in [0.5, 0.6) is 0 Å². The summed E-state index contributed by atoms with van der Waals surface area (Å²) in [6.45, 7) is 4.61. The summed E-state index contributed by atoms with van der Waals surface area (Å²) >= 11 is 0. The number of Topliss-reactive ketones (excluding diaryl/α,β-unsaturated/α-hetero) is 1. The topological polar surface area (TPSA) is 68.7 Å². The Morgan fingerprint density at radius 3 is 2.84 bits per heavy atom. The van der Waals surface area contributed by atoms with E-state index >= 15 is 0 Å². The van der Waals surface area contributed by atoms with E-state index in [0.717, 1.165) is 46.2 Å². The van der Waals surface area contributed by atoms with Gasteiger partial charge in [0.15, 0.2) is 5.78 Å². The Labute approximate surface area is 218 Å². The number of rotatable bonds is 4. The molecule has 0 saturated heterocycles. The lowest BCUT2D eigenvalue weighted by Crippen LogP contribution is -2.41. The van der Waals surface area contributed by atoms with Crippen molar-refractivity contribution in [3.63, 3.8) is 0 Å². The highest BCUT2D eigenvalue weighted by Gasteiger charge is 2.58. The number of ether oxygens (including phenoxy) is 2. The van der Waals surface area contributed by atoms with Crippen molar-refractivity contribution >= 4 is 22.5 Å². The molecule has 4 aliphatic rings. The van der Waals surface area contributed by atoms with Crippen LogP contribution in [0.25, 0.3) is 10.8 Å². The van der Waals surface area contributed by atoms with Crippen LogP contribution in [0, 0.1) is 17.3 Å². The minimum absolute atomic E-state index is 0.0164. The minimum Gasteiger partial charge on any atom is -0.489 e. The first-order valence-corrected chi connectivity index (χ1v) is 13.2. The van der Waals surface area contributed by atoms with Gasteiger partial charge in [-0.1, -0.05) is 31.2 Å². The molecule has 0 amide bonds. The van der Waals surface area contributed by atoms with Crippen molar-refractivity contribution < 1.29 is 19.1 Å². The van der Waals surface area contributed by atoms with Crippen LogP contribution in [-0.4, -0.2) is 54.5 Å². The largest absolute Gasteiger partial charge is 0.489 e. The predicted octanol–water partition coefficient (Wildman–Crippen LogP) is 4.97. The third-order valence-corrected chi connectivity index (χ3v) is 8.75. The van der Waals surface area contributed by atoms with Crippen LogP contribution in [0.3, 0.4) is 0 Å². The number of nitrogens with zero attached hydrogens (tertiary/aromatic N) is 2. The number of aromatic nitrogens is 1. The van der Waals surface area contributed by atoms with Gasteiger partial charge in [0, 0.05) is 61.3 Å². The van der Waals surface area contributed by atoms with Gasteiger partial charge in [0.25, 0.3) is 0 Å². The summed E-state index contributed by atoms with van der Waals surface area (Å²) in [4.78, 5) is 31.6. The van der Waals surface area contributed by atoms with Crippen LogP contribution in [-0.2, 0) is 19.1 Å². The van der Waals surface area contributed by atoms with Gasteiger partial charge in [0.1, 0.15) is 18.0 Å². The zero-order valence-electron chi connectivity index (χ0n) is 21.9. The monoisotopic (exact) mass is 498 g/mol. The number of fused-ring (bicyclic) bond motifs is 4. The summed E-state index contributed by atoms with van der Waals surface area (Å²) in [5.41, 5.74) is 2.65. The maximum absolute atomic E-state index is 13.0. The fourth-order valence-corrected chi connectivity index (χ4v) is 7.24. The van der Waals surface area contributed by atoms with Crippen LogP contribution in [0.2, 0.25) is 0 Å². The molecule has 6 nitrogen and oxygen atoms in total. The van der Waals surface area contributed by atoms with Crippen molar-refractivity contribution in [1.82, 2.24) is 9.88 Å². The van der Waals surface area contributed by atoms with Crippen molar-refractivity contribution in [2.75, 3.05) is 20.6 Å². The summed E-state index contributed by atoms with van der Waals surface area (Å²) in [7, 11) is 4.09. The molecule has 6 heteroatoms. The van der Waals surface area contributed by atoms with Gasteiger partial charge in [0.2, 0.25) is 0 Å². The molecule has 192 valence electrons. The summed E-state index contributed by atoms with van der Waals surface area (Å²) in [6.07, 6.45) is 11.8. The van der Waals surface area contributed by atoms with Gasteiger partial charge < -0.3 is 14.4 Å². The van der Waals surface area contributed by atoms with E-state index in [4.69, 9.17) is 9.47 Å². The number of carbonyl (C=O) groups is 2. The summed E-state index contributed by atoms with van der Waals surface area (Å²) < 4.78 is 12.7. The molecular weight excluding hydrogens is 464 g/mol. The van der Waals surface area contributed by atoms with Crippen molar-refractivity contribution in [1.29, 1.82) is 0 Å². The molecule has 0 spiro atoms. The number of hydrogen-bond donors (Lipinski definition) is 0. The van der Waals surface area contributed by atoms with Crippen LogP contribution in [0.4, 0.5) is 0 Å². The summed E-state index contributed by atoms with van der Waals surface area (Å²) in [5, 5.41) is 2.21. The molecule has 2 heterocycles. The van der Waals surface area contributed by atoms with E-state index in [1.54, 1.807) is 6.20 Å². The molecule has 37 heavy (non-hydrogen) atoms. The molecule has 1 fully saturated rings. The lowest BCUT2D eigenvalue weighted by molar-refractivity contribution is -0.147. The molecule has 0 radical (unpaired) electrons. The van der Waals surface area contributed by atoms with Crippen molar-refractivity contribution in [3.8, 4) is 0 Å². The predicted molar refractivity (Wildman–Crippen MR) is 142 cm³/mol. The molecule has 0 bridgehead atoms. The fourth-order valence-electron chi connectivity index (χ4n) is 7.24. The third kappa shape index (κ3) is 4.11. The van der Waals surface area contributed by atoms with Crippen molar-refractivity contribution in [2.24, 2.45) is 17.3 Å². The number of allylic oxidation sites excluding steroid dienone is 4. The van der Waals surface area contributed by atoms with Gasteiger partial charge in [-0.15, -0.1) is 0 Å². The first-order valence-electron chi connectivity index (χ1n) is 13.2. The zero-order chi connectivity index (χ0) is 25.9. The molecule has 6 rings (SSSR count). The molecule has 1 saturated carbocycles. The average molecular weight is 499 g/mol. The Morgan fingerprint density at radius 2 is 2.05 bits per heavy atom. The number of esters is 1. The number of hydrogen-bond acceptors (Lipinski definition) is 6. The van der Waals surface area contributed by atoms with Crippen LogP contribution >= 0.6 is 0 Å².